The molecule has 1 unspecified atom stereocenters. The molecule has 0 radical (unpaired) electrons. The summed E-state index contributed by atoms with van der Waals surface area (Å²) in [4.78, 5) is 38.1. The van der Waals surface area contributed by atoms with Crippen molar-refractivity contribution in [3.05, 3.63) is 63.2 Å². The first-order valence-electron chi connectivity index (χ1n) is 10.2. The Bertz CT molecular complexity index is 1350. The number of nitrogen functional groups attached to an aromatic ring is 2. The monoisotopic (exact) mass is 468 g/mol. The Morgan fingerprint density at radius 3 is 2.64 bits per heavy atom. The van der Waals surface area contributed by atoms with Crippen molar-refractivity contribution in [3.8, 4) is 0 Å². The largest absolute Gasteiger partial charge is 0.383 e. The van der Waals surface area contributed by atoms with Gasteiger partial charge in [0.15, 0.2) is 0 Å². The van der Waals surface area contributed by atoms with Crippen molar-refractivity contribution < 1.29 is 4.79 Å². The Morgan fingerprint density at radius 2 is 2.00 bits per heavy atom. The molecular formula is C22H25ClN8O2. The Hall–Kier alpha value is -3.92. The van der Waals surface area contributed by atoms with Crippen molar-refractivity contribution in [1.82, 2.24) is 19.5 Å². The molecule has 2 aromatic heterocycles. The van der Waals surface area contributed by atoms with Gasteiger partial charge in [-0.1, -0.05) is 36.7 Å². The van der Waals surface area contributed by atoms with Gasteiger partial charge in [0.25, 0.3) is 11.5 Å². The minimum absolute atomic E-state index is 0.0440. The Labute approximate surface area is 195 Å². The summed E-state index contributed by atoms with van der Waals surface area (Å²) in [7, 11) is 0. The van der Waals surface area contributed by atoms with Crippen LogP contribution in [-0.2, 0) is 0 Å². The number of rotatable bonds is 7. The molecule has 3 aromatic rings. The number of hydrogen-bond acceptors (Lipinski definition) is 8. The maximum Gasteiger partial charge on any atom is 0.267 e. The number of carbonyl (C=O) groups is 1. The number of carbonyl (C=O) groups excluding carboxylic acids is 1. The minimum Gasteiger partial charge on any atom is -0.383 e. The highest BCUT2D eigenvalue weighted by Crippen LogP contribution is 2.27. The van der Waals surface area contributed by atoms with Gasteiger partial charge >= 0.3 is 0 Å². The van der Waals surface area contributed by atoms with Gasteiger partial charge in [-0.05, 0) is 38.5 Å². The van der Waals surface area contributed by atoms with Gasteiger partial charge in [0.2, 0.25) is 5.95 Å². The number of aromatic nitrogens is 4. The first kappa shape index (κ1) is 23.7. The molecule has 3 rings (SSSR count). The topological polar surface area (TPSA) is 168 Å². The molecule has 0 spiro atoms. The molecule has 0 aliphatic heterocycles. The van der Waals surface area contributed by atoms with Crippen LogP contribution in [0, 0.1) is 0 Å². The molecule has 1 aromatic carbocycles. The number of benzene rings is 1. The second-order valence-electron chi connectivity index (χ2n) is 7.20. The molecule has 1 amide bonds. The number of nitrogens with zero attached hydrogens (tertiary/aromatic N) is 4. The van der Waals surface area contributed by atoms with Crippen LogP contribution in [0.15, 0.2) is 41.2 Å². The fraction of sp³-hybridized carbons (Fsp3) is 0.227. The van der Waals surface area contributed by atoms with E-state index in [0.29, 0.717) is 33.9 Å². The first-order valence-corrected chi connectivity index (χ1v) is 10.6. The van der Waals surface area contributed by atoms with E-state index in [2.05, 4.69) is 15.3 Å². The van der Waals surface area contributed by atoms with Crippen LogP contribution in [0.3, 0.4) is 0 Å². The van der Waals surface area contributed by atoms with E-state index in [4.69, 9.17) is 33.8 Å². The third-order valence-corrected chi connectivity index (χ3v) is 5.26. The summed E-state index contributed by atoms with van der Waals surface area (Å²) in [5, 5.41) is 3.67. The van der Waals surface area contributed by atoms with Crippen LogP contribution in [0.4, 0.5) is 17.6 Å². The number of allylic oxidation sites excluding steroid dienone is 4. The zero-order chi connectivity index (χ0) is 24.3. The van der Waals surface area contributed by atoms with Gasteiger partial charge in [-0.3, -0.25) is 14.2 Å². The van der Waals surface area contributed by atoms with Gasteiger partial charge in [0.05, 0.1) is 22.0 Å². The number of primary amides is 1. The predicted octanol–water partition coefficient (Wildman–Crippen LogP) is 3.10. The zero-order valence-electron chi connectivity index (χ0n) is 18.5. The van der Waals surface area contributed by atoms with Gasteiger partial charge in [-0.25, -0.2) is 4.98 Å². The lowest BCUT2D eigenvalue weighted by Crippen LogP contribution is -2.29. The third kappa shape index (κ3) is 4.65. The lowest BCUT2D eigenvalue weighted by molar-refractivity contribution is 0.100. The number of hydrogen-bond donors (Lipinski definition) is 4. The fourth-order valence-electron chi connectivity index (χ4n) is 3.45. The van der Waals surface area contributed by atoms with Crippen molar-refractivity contribution in [2.45, 2.75) is 33.2 Å². The highest BCUT2D eigenvalue weighted by atomic mass is 35.5. The minimum atomic E-state index is -0.819. The molecule has 0 aliphatic rings. The quantitative estimate of drug-likeness (QED) is 0.383. The van der Waals surface area contributed by atoms with Gasteiger partial charge in [0.1, 0.15) is 23.0 Å². The van der Waals surface area contributed by atoms with Gasteiger partial charge in [-0.15, -0.1) is 0 Å². The SMILES string of the molecule is C/C=C\C=C(/CC)n1c(C(C)Nc2nc(N)nc(N)c2C(N)=O)nc2cccc(Cl)c2c1=O. The summed E-state index contributed by atoms with van der Waals surface area (Å²) in [5.41, 5.74) is 17.7. The molecule has 0 aliphatic carbocycles. The number of amides is 1. The van der Waals surface area contributed by atoms with Crippen LogP contribution in [-0.4, -0.2) is 25.4 Å². The summed E-state index contributed by atoms with van der Waals surface area (Å²) in [6.07, 6.45) is 6.06. The molecule has 0 saturated heterocycles. The van der Waals surface area contributed by atoms with Crippen LogP contribution >= 0.6 is 11.6 Å². The standard InChI is InChI=1S/C22H25ClN8O2/c1-4-6-8-12(5-2)31-20(28-14-10-7-9-13(23)15(14)21(31)33)11(3)27-19-16(18(25)32)17(24)29-22(26)30-19/h4,6-11H,5H2,1-3H3,(H2,25,32)(H5,24,26,27,29,30)/b6-4-,12-8+. The zero-order valence-corrected chi connectivity index (χ0v) is 19.2. The average molecular weight is 469 g/mol. The van der Waals surface area contributed by atoms with E-state index in [9.17, 15) is 9.59 Å². The maximum absolute atomic E-state index is 13.6. The van der Waals surface area contributed by atoms with E-state index in [0.717, 1.165) is 0 Å². The van der Waals surface area contributed by atoms with Crippen LogP contribution in [0.5, 0.6) is 0 Å². The molecule has 172 valence electrons. The van der Waals surface area contributed by atoms with Crippen molar-refractivity contribution in [3.63, 3.8) is 0 Å². The van der Waals surface area contributed by atoms with E-state index >= 15 is 0 Å². The van der Waals surface area contributed by atoms with Crippen molar-refractivity contribution in [1.29, 1.82) is 0 Å². The number of nitrogens with one attached hydrogen (secondary N) is 1. The third-order valence-electron chi connectivity index (χ3n) is 4.94. The number of halogens is 1. The highest BCUT2D eigenvalue weighted by molar-refractivity contribution is 6.35. The summed E-state index contributed by atoms with van der Waals surface area (Å²) in [5.74, 6) is -0.686. The second kappa shape index (κ2) is 9.70. The average Bonchev–Trinajstić information content (AvgIpc) is 2.74. The molecule has 10 nitrogen and oxygen atoms in total. The molecular weight excluding hydrogens is 444 g/mol. The lowest BCUT2D eigenvalue weighted by atomic mass is 10.1. The maximum atomic E-state index is 13.6. The van der Waals surface area contributed by atoms with E-state index < -0.39 is 11.9 Å². The van der Waals surface area contributed by atoms with E-state index in [1.807, 2.05) is 32.1 Å². The lowest BCUT2D eigenvalue weighted by Gasteiger charge is -2.22. The molecule has 1 atom stereocenters. The van der Waals surface area contributed by atoms with Crippen LogP contribution in [0.2, 0.25) is 5.02 Å². The fourth-order valence-corrected chi connectivity index (χ4v) is 3.70. The van der Waals surface area contributed by atoms with Gasteiger partial charge < -0.3 is 22.5 Å². The number of nitrogens with two attached hydrogens (primary N) is 3. The van der Waals surface area contributed by atoms with E-state index in [-0.39, 0.29) is 28.7 Å². The highest BCUT2D eigenvalue weighted by Gasteiger charge is 2.23. The molecule has 2 heterocycles. The Balaban J connectivity index is 2.27. The van der Waals surface area contributed by atoms with Crippen molar-refractivity contribution >= 4 is 51.7 Å². The molecule has 7 N–H and O–H groups in total. The summed E-state index contributed by atoms with van der Waals surface area (Å²) in [6.45, 7) is 5.57. The normalized spacial score (nSPS) is 12.9. The van der Waals surface area contributed by atoms with Crippen molar-refractivity contribution in [2.24, 2.45) is 5.73 Å². The smallest absolute Gasteiger partial charge is 0.267 e. The molecule has 0 bridgehead atoms. The van der Waals surface area contributed by atoms with E-state index in [1.165, 1.54) is 4.57 Å². The second-order valence-corrected chi connectivity index (χ2v) is 7.61. The van der Waals surface area contributed by atoms with E-state index in [1.54, 1.807) is 25.1 Å². The molecule has 0 saturated carbocycles. The number of anilines is 3. The Morgan fingerprint density at radius 1 is 1.27 bits per heavy atom. The summed E-state index contributed by atoms with van der Waals surface area (Å²) in [6, 6.07) is 4.45. The van der Waals surface area contributed by atoms with Crippen molar-refractivity contribution in [2.75, 3.05) is 16.8 Å². The number of fused-ring (bicyclic) bond motifs is 1. The van der Waals surface area contributed by atoms with Gasteiger partial charge in [-0.2, -0.15) is 9.97 Å². The molecule has 11 heteroatoms. The predicted molar refractivity (Wildman–Crippen MR) is 132 cm³/mol. The van der Waals surface area contributed by atoms with Crippen LogP contribution < -0.4 is 28.1 Å². The van der Waals surface area contributed by atoms with Crippen LogP contribution in [0.25, 0.3) is 16.6 Å². The molecule has 0 fully saturated rings. The molecule has 33 heavy (non-hydrogen) atoms. The Kier molecular flexibility index (Phi) is 6.98. The van der Waals surface area contributed by atoms with Crippen LogP contribution in [0.1, 0.15) is 49.4 Å². The summed E-state index contributed by atoms with van der Waals surface area (Å²) < 4.78 is 1.50. The summed E-state index contributed by atoms with van der Waals surface area (Å²) >= 11 is 6.34. The first-order chi connectivity index (χ1) is 15.7. The van der Waals surface area contributed by atoms with Gasteiger partial charge in [0, 0.05) is 5.70 Å².